The first-order chi connectivity index (χ1) is 13.7. The molecule has 0 unspecified atom stereocenters. The van der Waals surface area contributed by atoms with E-state index in [0.717, 1.165) is 27.2 Å². The van der Waals surface area contributed by atoms with Crippen LogP contribution in [0.25, 0.3) is 33.2 Å². The van der Waals surface area contributed by atoms with Crippen LogP contribution in [0.3, 0.4) is 0 Å². The molecule has 3 heterocycles. The largest absolute Gasteiger partial charge is 0.310 e. The molecule has 3 aromatic heterocycles. The fraction of sp³-hybridized carbons (Fsp3) is 0. The maximum absolute atomic E-state index is 12.7. The summed E-state index contributed by atoms with van der Waals surface area (Å²) in [4.78, 5) is 25.5. The number of H-pyrrole nitrogens is 2. The maximum Gasteiger partial charge on any atom is 0.310 e. The van der Waals surface area contributed by atoms with Crippen LogP contribution in [-0.4, -0.2) is 31.1 Å². The van der Waals surface area contributed by atoms with Crippen LogP contribution in [0.1, 0.15) is 10.6 Å². The number of nitrogens with two attached hydrogens (primary N) is 1. The molecule has 4 N–H and O–H groups in total. The minimum absolute atomic E-state index is 0.0587. The number of carbonyl (C=O) groups excluding carboxylic acids is 1. The van der Waals surface area contributed by atoms with Gasteiger partial charge >= 0.3 is 5.91 Å². The van der Waals surface area contributed by atoms with Gasteiger partial charge in [0.1, 0.15) is 0 Å². The number of nitrogens with zero attached hydrogens (tertiary/aromatic N) is 4. The summed E-state index contributed by atoms with van der Waals surface area (Å²) in [7, 11) is 0. The molecule has 136 valence electrons. The summed E-state index contributed by atoms with van der Waals surface area (Å²) in [5.74, 6) is 5.55. The second kappa shape index (κ2) is 6.29. The topological polar surface area (TPSA) is 117 Å². The molecule has 0 atom stereocenters. The van der Waals surface area contributed by atoms with Crippen molar-refractivity contribution in [3.63, 3.8) is 0 Å². The zero-order valence-corrected chi connectivity index (χ0v) is 14.6. The quantitative estimate of drug-likeness (QED) is 0.257. The number of fused-ring (bicyclic) bond motifs is 2. The SMILES string of the molecule is NN(C(=O)c1nc2cc3[nH][nH]c(-c4ccncc4)c3cc2n1)c1ccccc1. The second-order valence-electron chi connectivity index (χ2n) is 6.31. The number of hydrogen-bond acceptors (Lipinski definition) is 5. The molecule has 0 bridgehead atoms. The Balaban J connectivity index is 1.57. The number of imidazole rings is 1. The Morgan fingerprint density at radius 2 is 1.64 bits per heavy atom. The minimum Gasteiger partial charge on any atom is -0.300 e. The molecule has 8 nitrogen and oxygen atoms in total. The normalized spacial score (nSPS) is 11.2. The van der Waals surface area contributed by atoms with E-state index in [1.807, 2.05) is 42.5 Å². The van der Waals surface area contributed by atoms with Crippen LogP contribution < -0.4 is 10.9 Å². The monoisotopic (exact) mass is 369 g/mol. The fourth-order valence-electron chi connectivity index (χ4n) is 3.17. The predicted octanol–water partition coefficient (Wildman–Crippen LogP) is 3.02. The summed E-state index contributed by atoms with van der Waals surface area (Å²) in [6.07, 6.45) is 3.47. The highest BCUT2D eigenvalue weighted by molar-refractivity contribution is 6.06. The van der Waals surface area contributed by atoms with Gasteiger partial charge in [-0.2, -0.15) is 0 Å². The van der Waals surface area contributed by atoms with E-state index >= 15 is 0 Å². The first kappa shape index (κ1) is 16.2. The van der Waals surface area contributed by atoms with Crippen molar-refractivity contribution in [1.29, 1.82) is 0 Å². The van der Waals surface area contributed by atoms with Gasteiger partial charge in [-0.1, -0.05) is 18.2 Å². The number of carbonyl (C=O) groups is 1. The number of aromatic amines is 2. The Hall–Kier alpha value is -4.04. The van der Waals surface area contributed by atoms with Gasteiger partial charge in [-0.3, -0.25) is 14.9 Å². The molecule has 28 heavy (non-hydrogen) atoms. The summed E-state index contributed by atoms with van der Waals surface area (Å²) in [5.41, 5.74) is 4.59. The van der Waals surface area contributed by atoms with Crippen LogP contribution in [0.4, 0.5) is 5.69 Å². The number of anilines is 1. The molecule has 0 saturated heterocycles. The van der Waals surface area contributed by atoms with Crippen LogP contribution in [0.15, 0.2) is 67.0 Å². The number of aromatic nitrogens is 5. The number of pyridine rings is 1. The van der Waals surface area contributed by atoms with E-state index in [1.165, 1.54) is 0 Å². The molecule has 0 radical (unpaired) electrons. The third kappa shape index (κ3) is 2.60. The van der Waals surface area contributed by atoms with Gasteiger partial charge in [0, 0.05) is 23.3 Å². The van der Waals surface area contributed by atoms with Crippen LogP contribution in [0.5, 0.6) is 0 Å². The Kier molecular flexibility index (Phi) is 3.63. The lowest BCUT2D eigenvalue weighted by Gasteiger charge is -2.14. The minimum atomic E-state index is -0.466. The molecular weight excluding hydrogens is 354 g/mol. The molecule has 1 amide bonds. The lowest BCUT2D eigenvalue weighted by Crippen LogP contribution is -2.38. The van der Waals surface area contributed by atoms with E-state index in [1.54, 1.807) is 24.5 Å². The van der Waals surface area contributed by atoms with Gasteiger partial charge in [0.25, 0.3) is 0 Å². The first-order valence-electron chi connectivity index (χ1n) is 8.63. The van der Waals surface area contributed by atoms with Crippen molar-refractivity contribution < 1.29 is 4.79 Å². The number of para-hydroxylation sites is 1. The molecule has 0 saturated carbocycles. The van der Waals surface area contributed by atoms with Crippen LogP contribution >= 0.6 is 0 Å². The molecule has 0 fully saturated rings. The average Bonchev–Trinajstić information content (AvgIpc) is 3.35. The molecule has 5 rings (SSSR count). The van der Waals surface area contributed by atoms with Gasteiger partial charge < -0.3 is 5.10 Å². The van der Waals surface area contributed by atoms with Crippen molar-refractivity contribution in [2.75, 3.05) is 5.01 Å². The van der Waals surface area contributed by atoms with E-state index in [0.29, 0.717) is 16.7 Å². The van der Waals surface area contributed by atoms with E-state index in [4.69, 9.17) is 5.84 Å². The molecule has 0 aliphatic carbocycles. The van der Waals surface area contributed by atoms with Crippen LogP contribution in [0.2, 0.25) is 0 Å². The smallest absolute Gasteiger partial charge is 0.300 e. The zero-order chi connectivity index (χ0) is 19.1. The van der Waals surface area contributed by atoms with Gasteiger partial charge in [0.2, 0.25) is 5.82 Å². The van der Waals surface area contributed by atoms with Gasteiger partial charge in [-0.25, -0.2) is 20.8 Å². The Bertz CT molecular complexity index is 1290. The van der Waals surface area contributed by atoms with Crippen molar-refractivity contribution >= 4 is 33.5 Å². The number of benzene rings is 2. The summed E-state index contributed by atoms with van der Waals surface area (Å²) in [5, 5.41) is 8.30. The van der Waals surface area contributed by atoms with Crippen LogP contribution in [-0.2, 0) is 0 Å². The third-order valence-corrected chi connectivity index (χ3v) is 4.57. The average molecular weight is 369 g/mol. The Morgan fingerprint density at radius 1 is 0.929 bits per heavy atom. The van der Waals surface area contributed by atoms with Gasteiger partial charge in [0.15, 0.2) is 0 Å². The predicted molar refractivity (Wildman–Crippen MR) is 106 cm³/mol. The number of hydrogen-bond donors (Lipinski definition) is 3. The number of hydrazine groups is 1. The van der Waals surface area contributed by atoms with Crippen molar-refractivity contribution in [1.82, 2.24) is 25.1 Å². The molecule has 5 aromatic rings. The lowest BCUT2D eigenvalue weighted by atomic mass is 10.1. The lowest BCUT2D eigenvalue weighted by molar-refractivity contribution is 0.0978. The Morgan fingerprint density at radius 3 is 2.39 bits per heavy atom. The van der Waals surface area contributed by atoms with E-state index in [9.17, 15) is 4.79 Å². The first-order valence-corrected chi connectivity index (χ1v) is 8.63. The molecule has 0 aliphatic heterocycles. The molecule has 0 spiro atoms. The summed E-state index contributed by atoms with van der Waals surface area (Å²) < 4.78 is 0. The molecule has 8 heteroatoms. The highest BCUT2D eigenvalue weighted by Crippen LogP contribution is 2.29. The Labute approximate surface area is 159 Å². The summed E-state index contributed by atoms with van der Waals surface area (Å²) in [6, 6.07) is 16.6. The van der Waals surface area contributed by atoms with Gasteiger partial charge in [-0.05, 0) is 36.4 Å². The summed E-state index contributed by atoms with van der Waals surface area (Å²) >= 11 is 0. The number of amides is 1. The third-order valence-electron chi connectivity index (χ3n) is 4.57. The van der Waals surface area contributed by atoms with Crippen LogP contribution in [0, 0.1) is 0 Å². The van der Waals surface area contributed by atoms with E-state index in [2.05, 4.69) is 25.1 Å². The zero-order valence-electron chi connectivity index (χ0n) is 14.6. The van der Waals surface area contributed by atoms with Gasteiger partial charge in [0.05, 0.1) is 27.9 Å². The van der Waals surface area contributed by atoms with Crippen molar-refractivity contribution in [2.45, 2.75) is 0 Å². The summed E-state index contributed by atoms with van der Waals surface area (Å²) in [6.45, 7) is 0. The van der Waals surface area contributed by atoms with E-state index in [-0.39, 0.29) is 5.82 Å². The highest BCUT2D eigenvalue weighted by atomic mass is 16.2. The van der Waals surface area contributed by atoms with Gasteiger partial charge in [-0.15, -0.1) is 0 Å². The molecule has 0 aliphatic rings. The molecule has 2 aromatic carbocycles. The van der Waals surface area contributed by atoms with Crippen molar-refractivity contribution in [2.24, 2.45) is 5.84 Å². The number of nitrogens with one attached hydrogen (secondary N) is 2. The highest BCUT2D eigenvalue weighted by Gasteiger charge is 2.20. The second-order valence-corrected chi connectivity index (χ2v) is 6.31. The maximum atomic E-state index is 12.7. The van der Waals surface area contributed by atoms with E-state index < -0.39 is 5.91 Å². The fourth-order valence-corrected chi connectivity index (χ4v) is 3.17. The standard InChI is InChI=1S/C20H15N7O/c21-27(13-4-2-1-3-5-13)20(28)19-23-16-10-14-15(11-17(16)24-19)25-26-18(14)12-6-8-22-9-7-12/h1-11,25-26H,21H2. The molecular formula is C20H15N7O. The number of rotatable bonds is 3. The van der Waals surface area contributed by atoms with Crippen molar-refractivity contribution in [3.8, 4) is 11.3 Å². The van der Waals surface area contributed by atoms with Crippen molar-refractivity contribution in [3.05, 3.63) is 72.8 Å².